The van der Waals surface area contributed by atoms with Crippen LogP contribution in [0, 0.1) is 5.92 Å². The Hall–Kier alpha value is -1.06. The van der Waals surface area contributed by atoms with Crippen molar-refractivity contribution in [3.63, 3.8) is 0 Å². The van der Waals surface area contributed by atoms with Gasteiger partial charge in [-0.2, -0.15) is 0 Å². The minimum atomic E-state index is -0.431. The molecule has 1 aliphatic heterocycles. The molecule has 2 aliphatic rings. The highest BCUT2D eigenvalue weighted by molar-refractivity contribution is 5.82. The minimum absolute atomic E-state index is 0.0822. The lowest BCUT2D eigenvalue weighted by atomic mass is 10.2. The van der Waals surface area contributed by atoms with E-state index in [1.54, 1.807) is 0 Å². The van der Waals surface area contributed by atoms with Gasteiger partial charge in [-0.05, 0) is 33.6 Å². The molecule has 2 rings (SSSR count). The van der Waals surface area contributed by atoms with Crippen LogP contribution in [0.3, 0.4) is 0 Å². The van der Waals surface area contributed by atoms with Crippen molar-refractivity contribution in [3.8, 4) is 0 Å². The highest BCUT2D eigenvalue weighted by Crippen LogP contribution is 2.39. The van der Waals surface area contributed by atoms with Crippen molar-refractivity contribution in [1.29, 1.82) is 0 Å². The molecule has 0 aromatic heterocycles. The van der Waals surface area contributed by atoms with Gasteiger partial charge < -0.3 is 9.64 Å². The van der Waals surface area contributed by atoms with E-state index in [0.717, 1.165) is 19.4 Å². The molecule has 1 saturated carbocycles. The zero-order valence-electron chi connectivity index (χ0n) is 10.2. The average Bonchev–Trinajstić information content (AvgIpc) is 2.81. The van der Waals surface area contributed by atoms with Crippen LogP contribution in [0.2, 0.25) is 0 Å². The van der Waals surface area contributed by atoms with Gasteiger partial charge in [0.1, 0.15) is 5.60 Å². The van der Waals surface area contributed by atoms with E-state index in [9.17, 15) is 9.59 Å². The van der Waals surface area contributed by atoms with Gasteiger partial charge in [0.15, 0.2) is 0 Å². The fourth-order valence-corrected chi connectivity index (χ4v) is 2.18. The van der Waals surface area contributed by atoms with Crippen LogP contribution < -0.4 is 0 Å². The van der Waals surface area contributed by atoms with Crippen molar-refractivity contribution in [3.05, 3.63) is 0 Å². The van der Waals surface area contributed by atoms with E-state index < -0.39 is 5.60 Å². The summed E-state index contributed by atoms with van der Waals surface area (Å²) in [7, 11) is 0. The van der Waals surface area contributed by atoms with Gasteiger partial charge in [0.05, 0.1) is 5.92 Å². The second-order valence-corrected chi connectivity index (χ2v) is 5.63. The summed E-state index contributed by atoms with van der Waals surface area (Å²) in [5.74, 6) is -0.0467. The number of amides is 1. The average molecular weight is 225 g/mol. The highest BCUT2D eigenvalue weighted by atomic mass is 16.6. The van der Waals surface area contributed by atoms with Gasteiger partial charge in [-0.25, -0.2) is 0 Å². The maximum absolute atomic E-state index is 11.7. The minimum Gasteiger partial charge on any atom is -0.460 e. The first-order valence-corrected chi connectivity index (χ1v) is 5.91. The maximum atomic E-state index is 11.7. The molecule has 2 fully saturated rings. The smallest absolute Gasteiger partial charge is 0.311 e. The van der Waals surface area contributed by atoms with Crippen LogP contribution in [0.15, 0.2) is 0 Å². The fraction of sp³-hybridized carbons (Fsp3) is 0.833. The molecule has 16 heavy (non-hydrogen) atoms. The lowest BCUT2D eigenvalue weighted by Crippen LogP contribution is -2.31. The van der Waals surface area contributed by atoms with Crippen molar-refractivity contribution < 1.29 is 14.3 Å². The molecule has 0 N–H and O–H groups in total. The topological polar surface area (TPSA) is 46.6 Å². The lowest BCUT2D eigenvalue weighted by Gasteiger charge is -2.20. The molecule has 4 heteroatoms. The van der Waals surface area contributed by atoms with Crippen LogP contribution >= 0.6 is 0 Å². The van der Waals surface area contributed by atoms with E-state index in [1.165, 1.54) is 0 Å². The molecular weight excluding hydrogens is 206 g/mol. The van der Waals surface area contributed by atoms with E-state index in [0.29, 0.717) is 6.42 Å². The van der Waals surface area contributed by atoms with Crippen molar-refractivity contribution in [2.75, 3.05) is 6.54 Å². The number of ether oxygens (including phenoxy) is 1. The molecule has 1 aliphatic carbocycles. The summed E-state index contributed by atoms with van der Waals surface area (Å²) in [6.07, 6.45) is 2.34. The van der Waals surface area contributed by atoms with Crippen molar-refractivity contribution in [2.45, 2.75) is 51.7 Å². The van der Waals surface area contributed by atoms with Crippen LogP contribution in [0.1, 0.15) is 40.0 Å². The van der Waals surface area contributed by atoms with Gasteiger partial charge in [-0.3, -0.25) is 9.59 Å². The molecule has 90 valence electrons. The van der Waals surface area contributed by atoms with E-state index in [2.05, 4.69) is 0 Å². The SMILES string of the molecule is CC(C)(C)OC(=O)[C@H]1C[C@H]1N1CCCC1=O. The Balaban J connectivity index is 1.87. The Morgan fingerprint density at radius 1 is 1.44 bits per heavy atom. The molecule has 0 radical (unpaired) electrons. The van der Waals surface area contributed by atoms with E-state index in [4.69, 9.17) is 4.74 Å². The van der Waals surface area contributed by atoms with Crippen molar-refractivity contribution in [2.24, 2.45) is 5.92 Å². The van der Waals surface area contributed by atoms with Crippen LogP contribution in [-0.4, -0.2) is 35.0 Å². The summed E-state index contributed by atoms with van der Waals surface area (Å²) in [6, 6.07) is 0.116. The zero-order valence-corrected chi connectivity index (χ0v) is 10.2. The molecule has 0 aromatic carbocycles. The number of esters is 1. The molecule has 1 saturated heterocycles. The second kappa shape index (κ2) is 3.75. The molecule has 0 aromatic rings. The first kappa shape index (κ1) is 11.4. The molecule has 2 atom stereocenters. The van der Waals surface area contributed by atoms with Crippen LogP contribution in [0.25, 0.3) is 0 Å². The molecule has 0 spiro atoms. The predicted molar refractivity (Wildman–Crippen MR) is 58.7 cm³/mol. The van der Waals surface area contributed by atoms with Gasteiger partial charge in [0.25, 0.3) is 0 Å². The number of carbonyl (C=O) groups is 2. The van der Waals surface area contributed by atoms with Gasteiger partial charge in [0.2, 0.25) is 5.91 Å². The first-order valence-electron chi connectivity index (χ1n) is 5.91. The summed E-state index contributed by atoms with van der Waals surface area (Å²) < 4.78 is 5.31. The Bertz CT molecular complexity index is 319. The third-order valence-electron chi connectivity index (χ3n) is 2.98. The molecule has 0 bridgehead atoms. The Morgan fingerprint density at radius 3 is 2.62 bits per heavy atom. The highest BCUT2D eigenvalue weighted by Gasteiger charge is 2.51. The summed E-state index contributed by atoms with van der Waals surface area (Å²) >= 11 is 0. The number of hydrogen-bond acceptors (Lipinski definition) is 3. The van der Waals surface area contributed by atoms with Crippen molar-refractivity contribution in [1.82, 2.24) is 4.90 Å². The Morgan fingerprint density at radius 2 is 2.12 bits per heavy atom. The maximum Gasteiger partial charge on any atom is 0.311 e. The summed E-state index contributed by atoms with van der Waals surface area (Å²) in [5.41, 5.74) is -0.431. The van der Waals surface area contributed by atoms with Crippen LogP contribution in [0.4, 0.5) is 0 Å². The Kier molecular flexibility index (Phi) is 2.68. The summed E-state index contributed by atoms with van der Waals surface area (Å²) in [5, 5.41) is 0. The molecule has 1 amide bonds. The van der Waals surface area contributed by atoms with Gasteiger partial charge in [-0.1, -0.05) is 0 Å². The van der Waals surface area contributed by atoms with Gasteiger partial charge in [-0.15, -0.1) is 0 Å². The molecule has 1 heterocycles. The van der Waals surface area contributed by atoms with E-state index in [1.807, 2.05) is 25.7 Å². The molecular formula is C12H19NO3. The number of hydrogen-bond donors (Lipinski definition) is 0. The Labute approximate surface area is 95.9 Å². The number of likely N-dealkylation sites (tertiary alicyclic amines) is 1. The fourth-order valence-electron chi connectivity index (χ4n) is 2.18. The summed E-state index contributed by atoms with van der Waals surface area (Å²) in [4.78, 5) is 25.1. The van der Waals surface area contributed by atoms with Gasteiger partial charge >= 0.3 is 5.97 Å². The predicted octanol–water partition coefficient (Wildman–Crippen LogP) is 1.34. The summed E-state index contributed by atoms with van der Waals surface area (Å²) in [6.45, 7) is 6.40. The van der Waals surface area contributed by atoms with Crippen LogP contribution in [-0.2, 0) is 14.3 Å². The standard InChI is InChI=1S/C12H19NO3/c1-12(2,3)16-11(15)8-7-9(8)13-6-4-5-10(13)14/h8-9H,4-7H2,1-3H3/t8-,9+/m0/s1. The number of carbonyl (C=O) groups excluding carboxylic acids is 2. The quantitative estimate of drug-likeness (QED) is 0.666. The third kappa shape index (κ3) is 2.36. The largest absolute Gasteiger partial charge is 0.460 e. The molecule has 0 unspecified atom stereocenters. The number of rotatable bonds is 2. The first-order chi connectivity index (χ1) is 7.38. The lowest BCUT2D eigenvalue weighted by molar-refractivity contribution is -0.157. The monoisotopic (exact) mass is 225 g/mol. The zero-order chi connectivity index (χ0) is 11.9. The third-order valence-corrected chi connectivity index (χ3v) is 2.98. The van der Waals surface area contributed by atoms with Gasteiger partial charge in [0, 0.05) is 19.0 Å². The number of nitrogens with zero attached hydrogens (tertiary/aromatic N) is 1. The second-order valence-electron chi connectivity index (χ2n) is 5.63. The van der Waals surface area contributed by atoms with E-state index in [-0.39, 0.29) is 23.8 Å². The van der Waals surface area contributed by atoms with Crippen LogP contribution in [0.5, 0.6) is 0 Å². The van der Waals surface area contributed by atoms with E-state index >= 15 is 0 Å². The van der Waals surface area contributed by atoms with Crippen molar-refractivity contribution >= 4 is 11.9 Å². The normalized spacial score (nSPS) is 29.4. The molecule has 4 nitrogen and oxygen atoms in total.